The molecule has 0 N–H and O–H groups in total. The van der Waals surface area contributed by atoms with Gasteiger partial charge in [-0.25, -0.2) is 9.29 Å². The van der Waals surface area contributed by atoms with Gasteiger partial charge in [-0.1, -0.05) is 62.4 Å². The summed E-state index contributed by atoms with van der Waals surface area (Å²) in [5, 5.41) is 0. The molecule has 2 aliphatic heterocycles. The lowest BCUT2D eigenvalue weighted by molar-refractivity contribution is -0.124. The smallest absolute Gasteiger partial charge is 0.254 e. The monoisotopic (exact) mass is 456 g/mol. The lowest BCUT2D eigenvalue weighted by atomic mass is 9.83. The molecule has 172 valence electrons. The minimum atomic E-state index is -0.752. The van der Waals surface area contributed by atoms with Gasteiger partial charge in [0.2, 0.25) is 11.8 Å². The maximum Gasteiger partial charge on any atom is 0.254 e. The first-order valence-corrected chi connectivity index (χ1v) is 11.5. The van der Waals surface area contributed by atoms with Crippen molar-refractivity contribution in [2.24, 2.45) is 17.8 Å². The van der Waals surface area contributed by atoms with Crippen molar-refractivity contribution in [1.82, 2.24) is 4.90 Å². The van der Waals surface area contributed by atoms with E-state index in [2.05, 4.69) is 0 Å². The number of hydrogen-bond donors (Lipinski definition) is 0. The van der Waals surface area contributed by atoms with Crippen molar-refractivity contribution >= 4 is 23.4 Å². The van der Waals surface area contributed by atoms with E-state index in [0.717, 1.165) is 0 Å². The Morgan fingerprint density at radius 3 is 1.94 bits per heavy atom. The highest BCUT2D eigenvalue weighted by molar-refractivity contribution is 6.23. The lowest BCUT2D eigenvalue weighted by Crippen LogP contribution is -2.47. The number of halogens is 1. The molecule has 0 spiro atoms. The summed E-state index contributed by atoms with van der Waals surface area (Å²) in [6.07, 6.45) is 0. The minimum absolute atomic E-state index is 0.0851. The lowest BCUT2D eigenvalue weighted by Gasteiger charge is -2.36. The second kappa shape index (κ2) is 8.52. The van der Waals surface area contributed by atoms with Crippen molar-refractivity contribution in [2.45, 2.75) is 25.9 Å². The standard InChI is InChI=1S/C28H25FN2O3/c1-17(2)24-22-23(28(34)30(27(22)33)21-11-7-4-8-12-21)25(18-13-15-20(29)16-14-18)31(24)26(32)19-9-5-3-6-10-19/h3-17,22-25H,1-2H3. The van der Waals surface area contributed by atoms with Crippen LogP contribution in [0.15, 0.2) is 84.9 Å². The number of imide groups is 1. The summed E-state index contributed by atoms with van der Waals surface area (Å²) in [5.41, 5.74) is 1.65. The highest BCUT2D eigenvalue weighted by atomic mass is 19.1. The summed E-state index contributed by atoms with van der Waals surface area (Å²) in [4.78, 5) is 44.3. The summed E-state index contributed by atoms with van der Waals surface area (Å²) < 4.78 is 13.8. The van der Waals surface area contributed by atoms with Crippen LogP contribution in [0.25, 0.3) is 0 Å². The average Bonchev–Trinajstić information content (AvgIpc) is 3.33. The number of likely N-dealkylation sites (tertiary alicyclic amines) is 1. The van der Waals surface area contributed by atoms with Crippen molar-refractivity contribution in [2.75, 3.05) is 4.90 Å². The molecule has 2 fully saturated rings. The highest BCUT2D eigenvalue weighted by Crippen LogP contribution is 2.53. The molecule has 0 aliphatic carbocycles. The SMILES string of the molecule is CC(C)C1C2C(=O)N(c3ccccc3)C(=O)C2C(c2ccc(F)cc2)N1C(=O)c1ccccc1. The van der Waals surface area contributed by atoms with E-state index in [-0.39, 0.29) is 23.6 Å². The van der Waals surface area contributed by atoms with E-state index in [0.29, 0.717) is 16.8 Å². The molecule has 3 amide bonds. The average molecular weight is 457 g/mol. The molecule has 5 rings (SSSR count). The van der Waals surface area contributed by atoms with Gasteiger partial charge < -0.3 is 4.90 Å². The molecular weight excluding hydrogens is 431 g/mol. The molecule has 34 heavy (non-hydrogen) atoms. The number of rotatable bonds is 4. The minimum Gasteiger partial charge on any atom is -0.327 e. The van der Waals surface area contributed by atoms with Gasteiger partial charge in [-0.05, 0) is 47.9 Å². The second-order valence-corrected chi connectivity index (χ2v) is 9.21. The van der Waals surface area contributed by atoms with Crippen LogP contribution < -0.4 is 4.90 Å². The predicted molar refractivity (Wildman–Crippen MR) is 126 cm³/mol. The van der Waals surface area contributed by atoms with Crippen LogP contribution in [0.3, 0.4) is 0 Å². The third-order valence-corrected chi connectivity index (χ3v) is 6.89. The predicted octanol–water partition coefficient (Wildman–Crippen LogP) is 4.85. The van der Waals surface area contributed by atoms with E-state index in [4.69, 9.17) is 0 Å². The van der Waals surface area contributed by atoms with E-state index >= 15 is 0 Å². The fraction of sp³-hybridized carbons (Fsp3) is 0.250. The highest BCUT2D eigenvalue weighted by Gasteiger charge is 2.64. The first-order chi connectivity index (χ1) is 16.4. The summed E-state index contributed by atoms with van der Waals surface area (Å²) in [5.74, 6) is -2.79. The van der Waals surface area contributed by atoms with Gasteiger partial charge in [0.15, 0.2) is 0 Å². The summed E-state index contributed by atoms with van der Waals surface area (Å²) >= 11 is 0. The fourth-order valence-corrected chi connectivity index (χ4v) is 5.52. The molecular formula is C28H25FN2O3. The molecule has 4 unspecified atom stereocenters. The first kappa shape index (κ1) is 22.0. The first-order valence-electron chi connectivity index (χ1n) is 11.5. The maximum atomic E-state index is 13.8. The Balaban J connectivity index is 1.67. The van der Waals surface area contributed by atoms with Gasteiger partial charge in [0.25, 0.3) is 5.91 Å². The second-order valence-electron chi connectivity index (χ2n) is 9.21. The Morgan fingerprint density at radius 1 is 0.794 bits per heavy atom. The topological polar surface area (TPSA) is 57.7 Å². The number of para-hydroxylation sites is 1. The zero-order valence-corrected chi connectivity index (χ0v) is 19.0. The fourth-order valence-electron chi connectivity index (χ4n) is 5.52. The molecule has 0 saturated carbocycles. The molecule has 3 aromatic carbocycles. The number of benzene rings is 3. The summed E-state index contributed by atoms with van der Waals surface area (Å²) in [6, 6.07) is 22.4. The van der Waals surface area contributed by atoms with Crippen LogP contribution in [0.5, 0.6) is 0 Å². The number of hydrogen-bond acceptors (Lipinski definition) is 3. The van der Waals surface area contributed by atoms with Gasteiger partial charge in [0.1, 0.15) is 5.82 Å². The number of nitrogens with zero attached hydrogens (tertiary/aromatic N) is 2. The molecule has 6 heteroatoms. The van der Waals surface area contributed by atoms with Crippen LogP contribution in [0.2, 0.25) is 0 Å². The van der Waals surface area contributed by atoms with E-state index in [1.54, 1.807) is 65.6 Å². The zero-order valence-electron chi connectivity index (χ0n) is 19.0. The number of carbonyl (C=O) groups is 3. The van der Waals surface area contributed by atoms with Gasteiger partial charge >= 0.3 is 0 Å². The quantitative estimate of drug-likeness (QED) is 0.527. The van der Waals surface area contributed by atoms with E-state index in [1.807, 2.05) is 26.0 Å². The Hall–Kier alpha value is -3.80. The summed E-state index contributed by atoms with van der Waals surface area (Å²) in [7, 11) is 0. The number of amides is 3. The summed E-state index contributed by atoms with van der Waals surface area (Å²) in [6.45, 7) is 3.92. The Labute approximate surface area is 197 Å². The maximum absolute atomic E-state index is 13.8. The molecule has 0 bridgehead atoms. The molecule has 2 saturated heterocycles. The van der Waals surface area contributed by atoms with Crippen LogP contribution >= 0.6 is 0 Å². The van der Waals surface area contributed by atoms with Crippen LogP contribution in [-0.2, 0) is 9.59 Å². The third kappa shape index (κ3) is 3.41. The molecule has 5 nitrogen and oxygen atoms in total. The van der Waals surface area contributed by atoms with Gasteiger partial charge in [0.05, 0.1) is 23.6 Å². The number of fused-ring (bicyclic) bond motifs is 1. The molecule has 2 aliphatic rings. The van der Waals surface area contributed by atoms with Crippen molar-refractivity contribution in [1.29, 1.82) is 0 Å². The van der Waals surface area contributed by atoms with Gasteiger partial charge in [0, 0.05) is 11.6 Å². The van der Waals surface area contributed by atoms with Crippen molar-refractivity contribution in [3.63, 3.8) is 0 Å². The third-order valence-electron chi connectivity index (χ3n) is 6.89. The molecule has 0 aromatic heterocycles. The normalized spacial score (nSPS) is 24.1. The van der Waals surface area contributed by atoms with Crippen molar-refractivity contribution in [3.05, 3.63) is 102 Å². The van der Waals surface area contributed by atoms with Crippen LogP contribution in [-0.4, -0.2) is 28.7 Å². The van der Waals surface area contributed by atoms with Crippen LogP contribution in [0.1, 0.15) is 35.8 Å². The Morgan fingerprint density at radius 2 is 1.35 bits per heavy atom. The van der Waals surface area contributed by atoms with Gasteiger partial charge in [-0.15, -0.1) is 0 Å². The largest absolute Gasteiger partial charge is 0.327 e. The number of carbonyl (C=O) groups excluding carboxylic acids is 3. The van der Waals surface area contributed by atoms with E-state index in [1.165, 1.54) is 17.0 Å². The molecule has 0 radical (unpaired) electrons. The van der Waals surface area contributed by atoms with Gasteiger partial charge in [-0.3, -0.25) is 14.4 Å². The zero-order chi connectivity index (χ0) is 24.0. The van der Waals surface area contributed by atoms with Crippen LogP contribution in [0, 0.1) is 23.6 Å². The van der Waals surface area contributed by atoms with Gasteiger partial charge in [-0.2, -0.15) is 0 Å². The number of anilines is 1. The Bertz CT molecular complexity index is 1230. The molecule has 4 atom stereocenters. The van der Waals surface area contributed by atoms with Crippen LogP contribution in [0.4, 0.5) is 10.1 Å². The Kier molecular flexibility index (Phi) is 5.52. The van der Waals surface area contributed by atoms with E-state index in [9.17, 15) is 18.8 Å². The molecule has 3 aromatic rings. The van der Waals surface area contributed by atoms with Crippen molar-refractivity contribution in [3.8, 4) is 0 Å². The molecule has 2 heterocycles. The van der Waals surface area contributed by atoms with E-state index < -0.39 is 29.7 Å². The van der Waals surface area contributed by atoms with Crippen molar-refractivity contribution < 1.29 is 18.8 Å².